The molecule has 1 N–H and O–H groups in total. The lowest BCUT2D eigenvalue weighted by atomic mass is 10.1. The van der Waals surface area contributed by atoms with Crippen molar-refractivity contribution in [2.24, 2.45) is 0 Å². The van der Waals surface area contributed by atoms with Crippen LogP contribution in [0.2, 0.25) is 0 Å². The van der Waals surface area contributed by atoms with Gasteiger partial charge in [-0.15, -0.1) is 0 Å². The fourth-order valence-corrected chi connectivity index (χ4v) is 2.89. The van der Waals surface area contributed by atoms with E-state index in [0.717, 1.165) is 43.7 Å². The highest BCUT2D eigenvalue weighted by Crippen LogP contribution is 2.10. The van der Waals surface area contributed by atoms with E-state index in [1.165, 1.54) is 17.3 Å². The molecule has 0 atom stereocenters. The molecule has 2 aliphatic heterocycles. The number of nitrogens with zero attached hydrogens (tertiary/aromatic N) is 3. The molecule has 6 nitrogen and oxygen atoms in total. The summed E-state index contributed by atoms with van der Waals surface area (Å²) in [5.74, 6) is 0.0301. The Kier molecular flexibility index (Phi) is 3.82. The number of hydrogen-bond donors (Lipinski definition) is 1. The Balaban J connectivity index is 1.77. The smallest absolute Gasteiger partial charge is 0.257 e. The molecule has 1 fully saturated rings. The lowest BCUT2D eigenvalue weighted by Crippen LogP contribution is -2.41. The first-order chi connectivity index (χ1) is 9.75. The van der Waals surface area contributed by atoms with E-state index in [2.05, 4.69) is 10.3 Å². The van der Waals surface area contributed by atoms with Gasteiger partial charge in [-0.1, -0.05) is 0 Å². The Morgan fingerprint density at radius 2 is 2.10 bits per heavy atom. The van der Waals surface area contributed by atoms with Gasteiger partial charge in [0, 0.05) is 25.2 Å². The van der Waals surface area contributed by atoms with Crippen molar-refractivity contribution in [1.82, 2.24) is 19.8 Å². The summed E-state index contributed by atoms with van der Waals surface area (Å²) in [6.45, 7) is 3.19. The molecule has 1 aromatic rings. The van der Waals surface area contributed by atoms with Crippen molar-refractivity contribution in [1.29, 1.82) is 0 Å². The lowest BCUT2D eigenvalue weighted by molar-refractivity contribution is -0.132. The monoisotopic (exact) mass is 276 g/mol. The number of nitrogens with one attached hydrogen (secondary N) is 1. The zero-order valence-corrected chi connectivity index (χ0v) is 11.6. The summed E-state index contributed by atoms with van der Waals surface area (Å²) in [4.78, 5) is 30.7. The quantitative estimate of drug-likeness (QED) is 0.819. The van der Waals surface area contributed by atoms with Crippen LogP contribution in [0.25, 0.3) is 0 Å². The minimum Gasteiger partial charge on any atom is -0.341 e. The molecular formula is C14H20N4O2. The van der Waals surface area contributed by atoms with E-state index < -0.39 is 0 Å². The molecule has 3 heterocycles. The molecule has 1 saturated heterocycles. The SMILES string of the molecule is O=C(Cn1cnc2c(c1=O)CCNC2)N1CCCCC1. The van der Waals surface area contributed by atoms with Crippen molar-refractivity contribution in [2.75, 3.05) is 19.6 Å². The molecule has 6 heteroatoms. The van der Waals surface area contributed by atoms with Crippen molar-refractivity contribution >= 4 is 5.91 Å². The van der Waals surface area contributed by atoms with Crippen molar-refractivity contribution in [3.05, 3.63) is 27.9 Å². The third kappa shape index (κ3) is 2.60. The van der Waals surface area contributed by atoms with Gasteiger partial charge < -0.3 is 10.2 Å². The third-order valence-electron chi connectivity index (χ3n) is 4.08. The number of amides is 1. The summed E-state index contributed by atoms with van der Waals surface area (Å²) in [5.41, 5.74) is 1.53. The number of likely N-dealkylation sites (tertiary alicyclic amines) is 1. The highest BCUT2D eigenvalue weighted by atomic mass is 16.2. The molecule has 20 heavy (non-hydrogen) atoms. The highest BCUT2D eigenvalue weighted by molar-refractivity contribution is 5.76. The molecule has 1 amide bonds. The molecule has 3 rings (SSSR count). The molecule has 108 valence electrons. The van der Waals surface area contributed by atoms with Crippen LogP contribution in [0.15, 0.2) is 11.1 Å². The van der Waals surface area contributed by atoms with E-state index in [4.69, 9.17) is 0 Å². The summed E-state index contributed by atoms with van der Waals surface area (Å²) in [6.07, 6.45) is 5.52. The van der Waals surface area contributed by atoms with Gasteiger partial charge in [-0.25, -0.2) is 4.98 Å². The predicted molar refractivity (Wildman–Crippen MR) is 74.3 cm³/mol. The van der Waals surface area contributed by atoms with E-state index >= 15 is 0 Å². The third-order valence-corrected chi connectivity index (χ3v) is 4.08. The second-order valence-electron chi connectivity index (χ2n) is 5.47. The number of rotatable bonds is 2. The summed E-state index contributed by atoms with van der Waals surface area (Å²) in [5, 5.41) is 3.19. The fraction of sp³-hybridized carbons (Fsp3) is 0.643. The number of carbonyl (C=O) groups is 1. The minimum absolute atomic E-state index is 0.0301. The predicted octanol–water partition coefficient (Wildman–Crippen LogP) is -0.0985. The van der Waals surface area contributed by atoms with E-state index in [9.17, 15) is 9.59 Å². The second kappa shape index (κ2) is 5.75. The molecule has 0 radical (unpaired) electrons. The van der Waals surface area contributed by atoms with Crippen LogP contribution in [0.4, 0.5) is 0 Å². The van der Waals surface area contributed by atoms with Gasteiger partial charge in [-0.2, -0.15) is 0 Å². The van der Waals surface area contributed by atoms with E-state index in [-0.39, 0.29) is 18.0 Å². The van der Waals surface area contributed by atoms with Crippen LogP contribution in [0.1, 0.15) is 30.5 Å². The van der Waals surface area contributed by atoms with Gasteiger partial charge in [0.1, 0.15) is 6.54 Å². The highest BCUT2D eigenvalue weighted by Gasteiger charge is 2.20. The normalized spacial score (nSPS) is 18.7. The Labute approximate surface area is 117 Å². The average Bonchev–Trinajstić information content (AvgIpc) is 2.51. The van der Waals surface area contributed by atoms with Gasteiger partial charge >= 0.3 is 0 Å². The molecule has 0 aliphatic carbocycles. The molecule has 0 aromatic carbocycles. The van der Waals surface area contributed by atoms with Crippen LogP contribution >= 0.6 is 0 Å². The van der Waals surface area contributed by atoms with Crippen molar-refractivity contribution in [2.45, 2.75) is 38.8 Å². The van der Waals surface area contributed by atoms with E-state index in [1.807, 2.05) is 4.90 Å². The number of piperidine rings is 1. The number of aromatic nitrogens is 2. The molecule has 0 unspecified atom stereocenters. The van der Waals surface area contributed by atoms with Gasteiger partial charge in [0.2, 0.25) is 5.91 Å². The van der Waals surface area contributed by atoms with Crippen LogP contribution < -0.4 is 10.9 Å². The maximum atomic E-state index is 12.4. The van der Waals surface area contributed by atoms with Crippen LogP contribution in [0, 0.1) is 0 Å². The first kappa shape index (κ1) is 13.3. The van der Waals surface area contributed by atoms with Crippen LogP contribution in [-0.4, -0.2) is 40.0 Å². The Hall–Kier alpha value is -1.69. The van der Waals surface area contributed by atoms with Crippen LogP contribution in [0.3, 0.4) is 0 Å². The molecule has 0 spiro atoms. The zero-order chi connectivity index (χ0) is 13.9. The van der Waals surface area contributed by atoms with Gasteiger partial charge in [0.15, 0.2) is 0 Å². The number of fused-ring (bicyclic) bond motifs is 1. The number of carbonyl (C=O) groups excluding carboxylic acids is 1. The first-order valence-corrected chi connectivity index (χ1v) is 7.31. The second-order valence-corrected chi connectivity index (χ2v) is 5.47. The van der Waals surface area contributed by atoms with Crippen molar-refractivity contribution < 1.29 is 4.79 Å². The average molecular weight is 276 g/mol. The van der Waals surface area contributed by atoms with E-state index in [0.29, 0.717) is 13.0 Å². The molecular weight excluding hydrogens is 256 g/mol. The lowest BCUT2D eigenvalue weighted by Gasteiger charge is -2.27. The maximum absolute atomic E-state index is 12.4. The molecule has 1 aromatic heterocycles. The Morgan fingerprint density at radius 1 is 1.30 bits per heavy atom. The van der Waals surface area contributed by atoms with Crippen molar-refractivity contribution in [3.8, 4) is 0 Å². The maximum Gasteiger partial charge on any atom is 0.257 e. The zero-order valence-electron chi connectivity index (χ0n) is 11.6. The Morgan fingerprint density at radius 3 is 2.90 bits per heavy atom. The number of hydrogen-bond acceptors (Lipinski definition) is 4. The van der Waals surface area contributed by atoms with E-state index in [1.54, 1.807) is 0 Å². The molecule has 0 bridgehead atoms. The van der Waals surface area contributed by atoms with Crippen LogP contribution in [-0.2, 0) is 24.3 Å². The van der Waals surface area contributed by atoms with Gasteiger partial charge in [-0.05, 0) is 32.2 Å². The first-order valence-electron chi connectivity index (χ1n) is 7.31. The Bertz CT molecular complexity index is 561. The summed E-state index contributed by atoms with van der Waals surface area (Å²) >= 11 is 0. The van der Waals surface area contributed by atoms with Gasteiger partial charge in [-0.3, -0.25) is 14.2 Å². The van der Waals surface area contributed by atoms with Crippen molar-refractivity contribution in [3.63, 3.8) is 0 Å². The fourth-order valence-electron chi connectivity index (χ4n) is 2.89. The topological polar surface area (TPSA) is 67.2 Å². The van der Waals surface area contributed by atoms with Crippen LogP contribution in [0.5, 0.6) is 0 Å². The minimum atomic E-state index is -0.0538. The van der Waals surface area contributed by atoms with Gasteiger partial charge in [0.05, 0.1) is 12.0 Å². The largest absolute Gasteiger partial charge is 0.341 e. The summed E-state index contributed by atoms with van der Waals surface area (Å²) in [7, 11) is 0. The molecule has 0 saturated carbocycles. The summed E-state index contributed by atoms with van der Waals surface area (Å²) in [6, 6.07) is 0. The molecule has 2 aliphatic rings. The standard InChI is InChI=1S/C14H20N4O2/c19-13(17-6-2-1-3-7-17)9-18-10-16-12-8-15-5-4-11(12)14(18)20/h10,15H,1-9H2. The summed E-state index contributed by atoms with van der Waals surface area (Å²) < 4.78 is 1.46. The van der Waals surface area contributed by atoms with Gasteiger partial charge in [0.25, 0.3) is 5.56 Å².